The minimum absolute atomic E-state index is 0. The molecule has 0 aliphatic heterocycles. The zero-order chi connectivity index (χ0) is 18.5. The Balaban J connectivity index is 0. The Labute approximate surface area is 154 Å². The molecule has 0 bridgehead atoms. The summed E-state index contributed by atoms with van der Waals surface area (Å²) in [5.41, 5.74) is 29.6. The number of hydrogen-bond donors (Lipinski definition) is 7. The molecular formula is C17H30N7S+. The molecule has 0 aliphatic carbocycles. The second-order valence-corrected chi connectivity index (χ2v) is 5.43. The molecule has 0 radical (unpaired) electrons. The Bertz CT molecular complexity index is 603. The van der Waals surface area contributed by atoms with Gasteiger partial charge in [-0.05, 0) is 66.5 Å². The summed E-state index contributed by atoms with van der Waals surface area (Å²) in [6.07, 6.45) is 1.83. The largest absolute Gasteiger partial charge is 0.399 e. The van der Waals surface area contributed by atoms with E-state index in [0.29, 0.717) is 11.0 Å². The van der Waals surface area contributed by atoms with E-state index < -0.39 is 0 Å². The summed E-state index contributed by atoms with van der Waals surface area (Å²) in [5.74, 6) is 0.426. The zero-order valence-electron chi connectivity index (χ0n) is 13.7. The monoisotopic (exact) mass is 364 g/mol. The van der Waals surface area contributed by atoms with Gasteiger partial charge in [0.25, 0.3) is 5.17 Å². The van der Waals surface area contributed by atoms with E-state index in [1.807, 2.05) is 18.4 Å². The first kappa shape index (κ1) is 24.3. The predicted molar refractivity (Wildman–Crippen MR) is 114 cm³/mol. The average molecular weight is 365 g/mol. The van der Waals surface area contributed by atoms with E-state index in [0.717, 1.165) is 22.7 Å². The lowest BCUT2D eigenvalue weighted by molar-refractivity contribution is -0.110. The van der Waals surface area contributed by atoms with Crippen LogP contribution in [0.2, 0.25) is 0 Å². The van der Waals surface area contributed by atoms with Crippen LogP contribution < -0.4 is 39.4 Å². The van der Waals surface area contributed by atoms with Gasteiger partial charge in [0.2, 0.25) is 0 Å². The van der Waals surface area contributed by atoms with E-state index in [2.05, 4.69) is 11.9 Å². The van der Waals surface area contributed by atoms with Gasteiger partial charge < -0.3 is 28.3 Å². The molecule has 25 heavy (non-hydrogen) atoms. The number of thioether (sulfide) groups is 1. The number of nitrogens with two attached hydrogens (primary N) is 6. The fourth-order valence-corrected chi connectivity index (χ4v) is 1.25. The fourth-order valence-electron chi connectivity index (χ4n) is 1.25. The van der Waals surface area contributed by atoms with Gasteiger partial charge in [-0.25, -0.2) is 0 Å². The van der Waals surface area contributed by atoms with Crippen LogP contribution in [-0.2, 0) is 0 Å². The summed E-state index contributed by atoms with van der Waals surface area (Å²) in [5, 5.41) is 8.23. The number of rotatable bonds is 2. The standard InChI is InChI=1S/C8H11N3.C6H8N2.C2H6N2S.CH4/c1-6(9)11-8-4-2-7(10)3-5-8;7-5-1-2-6(8)4-3-5;1-5-2(3)4;/h2-5,11H,1,9-10H2;1-4H,7-8H2;1H3,(H3,3,4);1H4/p+1. The molecule has 138 valence electrons. The molecule has 13 N–H and O–H groups in total. The van der Waals surface area contributed by atoms with Crippen molar-refractivity contribution in [2.24, 2.45) is 11.5 Å². The number of nitrogens with one attached hydrogen (secondary N) is 1. The van der Waals surface area contributed by atoms with Crippen molar-refractivity contribution in [3.05, 3.63) is 60.9 Å². The van der Waals surface area contributed by atoms with Crippen LogP contribution in [0.1, 0.15) is 7.43 Å². The van der Waals surface area contributed by atoms with Crippen LogP contribution in [0.3, 0.4) is 0 Å². The summed E-state index contributed by atoms with van der Waals surface area (Å²) >= 11 is 1.35. The molecule has 0 unspecified atom stereocenters. The van der Waals surface area contributed by atoms with Crippen LogP contribution in [0.25, 0.3) is 0 Å². The van der Waals surface area contributed by atoms with Crippen LogP contribution in [0, 0.1) is 0 Å². The third-order valence-electron chi connectivity index (χ3n) is 2.39. The highest BCUT2D eigenvalue weighted by Gasteiger charge is 1.89. The van der Waals surface area contributed by atoms with E-state index in [1.54, 1.807) is 36.4 Å². The van der Waals surface area contributed by atoms with Gasteiger partial charge in [0, 0.05) is 22.7 Å². The molecule has 0 amide bonds. The molecule has 0 aliphatic rings. The molecule has 7 nitrogen and oxygen atoms in total. The number of benzene rings is 2. The Morgan fingerprint density at radius 2 is 1.16 bits per heavy atom. The van der Waals surface area contributed by atoms with E-state index in [1.165, 1.54) is 11.8 Å². The van der Waals surface area contributed by atoms with Gasteiger partial charge >= 0.3 is 0 Å². The molecule has 0 aromatic heterocycles. The second kappa shape index (κ2) is 13.4. The van der Waals surface area contributed by atoms with Crippen LogP contribution >= 0.6 is 11.8 Å². The van der Waals surface area contributed by atoms with Gasteiger partial charge in [0.1, 0.15) is 0 Å². The van der Waals surface area contributed by atoms with Gasteiger partial charge in [-0.3, -0.25) is 11.1 Å². The smallest absolute Gasteiger partial charge is 0.299 e. The van der Waals surface area contributed by atoms with Crippen LogP contribution in [-0.4, -0.2) is 11.4 Å². The summed E-state index contributed by atoms with van der Waals surface area (Å²) in [4.78, 5) is 0. The van der Waals surface area contributed by atoms with E-state index >= 15 is 0 Å². The quantitative estimate of drug-likeness (QED) is 0.237. The molecule has 0 saturated heterocycles. The van der Waals surface area contributed by atoms with Gasteiger partial charge in [-0.2, -0.15) is 0 Å². The summed E-state index contributed by atoms with van der Waals surface area (Å²) in [6.45, 7) is 3.51. The highest BCUT2D eigenvalue weighted by atomic mass is 32.2. The lowest BCUT2D eigenvalue weighted by Gasteiger charge is -2.03. The van der Waals surface area contributed by atoms with Crippen LogP contribution in [0.15, 0.2) is 60.9 Å². The SMILES string of the molecule is C.C=C(N)Nc1ccc(N)cc1.CSC(N)=[NH2+].Nc1ccc(N)cc1. The lowest BCUT2D eigenvalue weighted by Crippen LogP contribution is -2.42. The summed E-state index contributed by atoms with van der Waals surface area (Å²) in [7, 11) is 0. The van der Waals surface area contributed by atoms with Gasteiger partial charge in [-0.15, -0.1) is 0 Å². The molecule has 0 spiro atoms. The van der Waals surface area contributed by atoms with E-state index in [-0.39, 0.29) is 7.43 Å². The number of nitrogen functional groups attached to an aromatic ring is 3. The van der Waals surface area contributed by atoms with Crippen LogP contribution in [0.4, 0.5) is 22.7 Å². The predicted octanol–water partition coefficient (Wildman–Crippen LogP) is 1.02. The second-order valence-electron chi connectivity index (χ2n) is 4.55. The maximum atomic E-state index is 5.48. The summed E-state index contributed by atoms with van der Waals surface area (Å²) in [6, 6.07) is 14.4. The molecule has 2 aromatic rings. The Kier molecular flexibility index (Phi) is 13.0. The highest BCUT2D eigenvalue weighted by Crippen LogP contribution is 2.10. The molecule has 0 fully saturated rings. The summed E-state index contributed by atoms with van der Waals surface area (Å²) < 4.78 is 0. The Morgan fingerprint density at radius 3 is 1.40 bits per heavy atom. The maximum absolute atomic E-state index is 5.48. The van der Waals surface area contributed by atoms with Crippen molar-refractivity contribution in [3.8, 4) is 0 Å². The molecule has 0 saturated carbocycles. The molecular weight excluding hydrogens is 334 g/mol. The van der Waals surface area contributed by atoms with Gasteiger partial charge in [0.05, 0.1) is 5.82 Å². The molecule has 0 heterocycles. The lowest BCUT2D eigenvalue weighted by atomic mass is 10.3. The van der Waals surface area contributed by atoms with Gasteiger partial charge in [-0.1, -0.05) is 14.0 Å². The molecule has 8 heteroatoms. The van der Waals surface area contributed by atoms with Crippen molar-refractivity contribution >= 4 is 39.7 Å². The first-order chi connectivity index (χ1) is 11.2. The van der Waals surface area contributed by atoms with Crippen molar-refractivity contribution in [1.82, 2.24) is 0 Å². The van der Waals surface area contributed by atoms with Crippen molar-refractivity contribution in [2.75, 3.05) is 28.8 Å². The van der Waals surface area contributed by atoms with E-state index in [9.17, 15) is 0 Å². The van der Waals surface area contributed by atoms with Crippen molar-refractivity contribution in [1.29, 1.82) is 0 Å². The van der Waals surface area contributed by atoms with Crippen molar-refractivity contribution < 1.29 is 5.41 Å². The number of hydrogen-bond acceptors (Lipinski definition) is 6. The van der Waals surface area contributed by atoms with E-state index in [4.69, 9.17) is 34.1 Å². The first-order valence-electron chi connectivity index (χ1n) is 6.84. The van der Waals surface area contributed by atoms with Crippen LogP contribution in [0.5, 0.6) is 0 Å². The minimum atomic E-state index is 0. The third-order valence-corrected chi connectivity index (χ3v) is 2.86. The minimum Gasteiger partial charge on any atom is -0.399 e. The Morgan fingerprint density at radius 1 is 0.880 bits per heavy atom. The van der Waals surface area contributed by atoms with Crippen molar-refractivity contribution in [3.63, 3.8) is 0 Å². The van der Waals surface area contributed by atoms with Gasteiger partial charge in [0.15, 0.2) is 0 Å². The maximum Gasteiger partial charge on any atom is 0.299 e. The topological polar surface area (TPSA) is 168 Å². The van der Waals surface area contributed by atoms with Crippen molar-refractivity contribution in [2.45, 2.75) is 7.43 Å². The molecule has 0 atom stereocenters. The average Bonchev–Trinajstić information content (AvgIpc) is 2.53. The number of anilines is 4. The first-order valence-corrected chi connectivity index (χ1v) is 8.07. The fraction of sp³-hybridized carbons (Fsp3) is 0.118. The third kappa shape index (κ3) is 14.3. The Hall–Kier alpha value is -3.00. The molecule has 2 aromatic carbocycles. The highest BCUT2D eigenvalue weighted by molar-refractivity contribution is 8.12. The normalized spacial score (nSPS) is 8.36. The zero-order valence-corrected chi connectivity index (χ0v) is 14.5. The molecule has 2 rings (SSSR count). The number of amidine groups is 1.